The Kier molecular flexibility index (Phi) is 6.12. The molecular formula is C42H36N2O2. The molecule has 2 atom stereocenters. The summed E-state index contributed by atoms with van der Waals surface area (Å²) in [6, 6.07) is 31.9. The summed E-state index contributed by atoms with van der Waals surface area (Å²) in [5, 5.41) is 19.1. The number of aryl methyl sites for hydroxylation is 1. The van der Waals surface area contributed by atoms with Crippen molar-refractivity contribution in [2.24, 2.45) is 5.92 Å². The van der Waals surface area contributed by atoms with Gasteiger partial charge in [0.05, 0.1) is 11.3 Å². The SMILES string of the molecule is CC1CCC2=C/C(=C3/C(=O)C(c4cc5c(n4Cc4cccc6ccccc46)C(C)CC5)=C3[O-])[N+](Cc3cccc4ccccc34)=C21. The molecule has 0 radical (unpaired) electrons. The zero-order valence-corrected chi connectivity index (χ0v) is 26.3. The molecule has 226 valence electrons. The van der Waals surface area contributed by atoms with Gasteiger partial charge in [-0.1, -0.05) is 105 Å². The lowest BCUT2D eigenvalue weighted by molar-refractivity contribution is -0.488. The summed E-state index contributed by atoms with van der Waals surface area (Å²) in [6.07, 6.45) is 6.30. The van der Waals surface area contributed by atoms with Crippen molar-refractivity contribution in [2.75, 3.05) is 0 Å². The maximum absolute atomic E-state index is 14.3. The van der Waals surface area contributed by atoms with Gasteiger partial charge in [0, 0.05) is 40.9 Å². The second-order valence-electron chi connectivity index (χ2n) is 13.6. The number of nitrogens with zero attached hydrogens (tertiary/aromatic N) is 2. The Bertz CT molecular complexity index is 2260. The first-order chi connectivity index (χ1) is 22.5. The minimum Gasteiger partial charge on any atom is -0.871 e. The quantitative estimate of drug-likeness (QED) is 0.153. The van der Waals surface area contributed by atoms with E-state index in [4.69, 9.17) is 0 Å². The van der Waals surface area contributed by atoms with Crippen LogP contribution >= 0.6 is 0 Å². The van der Waals surface area contributed by atoms with Gasteiger partial charge in [-0.15, -0.1) is 0 Å². The summed E-state index contributed by atoms with van der Waals surface area (Å²) in [5.41, 5.74) is 9.78. The van der Waals surface area contributed by atoms with Crippen LogP contribution < -0.4 is 5.11 Å². The highest BCUT2D eigenvalue weighted by molar-refractivity contribution is 6.39. The molecular weight excluding hydrogens is 564 g/mol. The minimum atomic E-state index is -0.115. The van der Waals surface area contributed by atoms with Crippen LogP contribution in [0.2, 0.25) is 0 Å². The number of fused-ring (bicyclic) bond motifs is 4. The zero-order chi connectivity index (χ0) is 31.1. The molecule has 1 saturated carbocycles. The van der Waals surface area contributed by atoms with Gasteiger partial charge in [-0.05, 0) is 70.3 Å². The normalized spacial score (nSPS) is 22.2. The molecule has 4 heteroatoms. The predicted molar refractivity (Wildman–Crippen MR) is 183 cm³/mol. The largest absolute Gasteiger partial charge is 0.871 e. The van der Waals surface area contributed by atoms with Gasteiger partial charge >= 0.3 is 0 Å². The Hall–Kier alpha value is -4.96. The van der Waals surface area contributed by atoms with E-state index in [1.807, 2.05) is 0 Å². The van der Waals surface area contributed by atoms with Gasteiger partial charge in [-0.25, -0.2) is 0 Å². The van der Waals surface area contributed by atoms with E-state index in [0.29, 0.717) is 36.1 Å². The van der Waals surface area contributed by atoms with E-state index in [1.165, 1.54) is 55.2 Å². The van der Waals surface area contributed by atoms with Crippen LogP contribution in [0.1, 0.15) is 67.1 Å². The van der Waals surface area contributed by atoms with Crippen molar-refractivity contribution in [3.8, 4) is 0 Å². The molecule has 1 fully saturated rings. The van der Waals surface area contributed by atoms with Crippen molar-refractivity contribution in [3.63, 3.8) is 0 Å². The summed E-state index contributed by atoms with van der Waals surface area (Å²) in [7, 11) is 0. The highest BCUT2D eigenvalue weighted by atomic mass is 16.3. The van der Waals surface area contributed by atoms with E-state index >= 15 is 0 Å². The van der Waals surface area contributed by atoms with Crippen LogP contribution in [0.3, 0.4) is 0 Å². The first kappa shape index (κ1) is 27.4. The lowest BCUT2D eigenvalue weighted by Crippen LogP contribution is -2.33. The van der Waals surface area contributed by atoms with Crippen LogP contribution in [-0.2, 0) is 24.3 Å². The summed E-state index contributed by atoms with van der Waals surface area (Å²) < 4.78 is 4.57. The fraction of sp³-hybridized carbons (Fsp3) is 0.238. The third-order valence-corrected chi connectivity index (χ3v) is 10.9. The number of rotatable bonds is 5. The van der Waals surface area contributed by atoms with Gasteiger partial charge in [0.1, 0.15) is 0 Å². The van der Waals surface area contributed by atoms with E-state index in [1.54, 1.807) is 0 Å². The van der Waals surface area contributed by atoms with E-state index in [9.17, 15) is 9.90 Å². The number of ketones is 1. The first-order valence-corrected chi connectivity index (χ1v) is 16.7. The second kappa shape index (κ2) is 10.3. The number of allylic oxidation sites excluding steroid dienone is 4. The van der Waals surface area contributed by atoms with Crippen LogP contribution in [-0.4, -0.2) is 20.6 Å². The topological polar surface area (TPSA) is 48.1 Å². The highest BCUT2D eigenvalue weighted by Gasteiger charge is 2.44. The Labute approximate surface area is 269 Å². The molecule has 2 heterocycles. The summed E-state index contributed by atoms with van der Waals surface area (Å²) in [5.74, 6) is 0.540. The fourth-order valence-electron chi connectivity index (χ4n) is 8.64. The van der Waals surface area contributed by atoms with E-state index in [-0.39, 0.29) is 11.5 Å². The maximum atomic E-state index is 14.3. The van der Waals surface area contributed by atoms with Crippen LogP contribution in [0, 0.1) is 5.92 Å². The van der Waals surface area contributed by atoms with Crippen molar-refractivity contribution in [2.45, 2.75) is 58.5 Å². The number of carbonyl (C=O) groups is 1. The molecule has 2 unspecified atom stereocenters. The Morgan fingerprint density at radius 1 is 0.783 bits per heavy atom. The number of aromatic nitrogens is 1. The van der Waals surface area contributed by atoms with Gasteiger partial charge in [0.15, 0.2) is 12.3 Å². The molecule has 4 aliphatic rings. The van der Waals surface area contributed by atoms with E-state index in [2.05, 4.69) is 120 Å². The van der Waals surface area contributed by atoms with Gasteiger partial charge in [-0.3, -0.25) is 4.79 Å². The Morgan fingerprint density at radius 3 is 2.17 bits per heavy atom. The highest BCUT2D eigenvalue weighted by Crippen LogP contribution is 2.45. The molecule has 0 saturated heterocycles. The molecule has 1 aromatic heterocycles. The van der Waals surface area contributed by atoms with Gasteiger partial charge < -0.3 is 9.67 Å². The standard InChI is InChI=1S/C42H36N2O2/c1-25-17-19-29-21-35(43(39(25)29)23-31-13-7-11-27-9-3-5-15-33(27)31)37-41(45)38(42(37)46)36-22-30-20-18-26(2)40(30)44(36)24-32-14-8-12-28-10-4-6-16-34(28)32/h3-16,21-22,25-26H,17-20,23-24H2,1-2H3. The molecule has 0 N–H and O–H groups in total. The number of benzene rings is 4. The van der Waals surface area contributed by atoms with E-state index < -0.39 is 0 Å². The smallest absolute Gasteiger partial charge is 0.216 e. The van der Waals surface area contributed by atoms with Crippen LogP contribution in [0.25, 0.3) is 27.1 Å². The molecule has 3 aliphatic carbocycles. The van der Waals surface area contributed by atoms with Crippen molar-refractivity contribution < 1.29 is 14.5 Å². The maximum Gasteiger partial charge on any atom is 0.216 e. The summed E-state index contributed by atoms with van der Waals surface area (Å²) in [4.78, 5) is 14.3. The monoisotopic (exact) mass is 600 g/mol. The number of hydrogen-bond donors (Lipinski definition) is 0. The zero-order valence-electron chi connectivity index (χ0n) is 26.3. The van der Waals surface area contributed by atoms with E-state index in [0.717, 1.165) is 37.1 Å². The number of hydrogen-bond acceptors (Lipinski definition) is 2. The molecule has 46 heavy (non-hydrogen) atoms. The third-order valence-electron chi connectivity index (χ3n) is 10.9. The van der Waals surface area contributed by atoms with Gasteiger partial charge in [0.2, 0.25) is 11.5 Å². The van der Waals surface area contributed by atoms with Crippen molar-refractivity contribution >= 4 is 38.6 Å². The molecule has 0 spiro atoms. The summed E-state index contributed by atoms with van der Waals surface area (Å²) >= 11 is 0. The molecule has 1 aliphatic heterocycles. The Balaban J connectivity index is 1.17. The number of Topliss-reactive ketones (excluding diaryl/α,β-unsaturated/α-hetero) is 1. The average molecular weight is 601 g/mol. The van der Waals surface area contributed by atoms with Crippen molar-refractivity contribution in [1.29, 1.82) is 0 Å². The van der Waals surface area contributed by atoms with Crippen LogP contribution in [0.4, 0.5) is 0 Å². The van der Waals surface area contributed by atoms with Crippen LogP contribution in [0.15, 0.2) is 120 Å². The number of carbonyl (C=O) groups excluding carboxylic acids is 1. The average Bonchev–Trinajstić information content (AvgIpc) is 3.81. The fourth-order valence-corrected chi connectivity index (χ4v) is 8.64. The van der Waals surface area contributed by atoms with Crippen molar-refractivity contribution in [3.05, 3.63) is 148 Å². The van der Waals surface area contributed by atoms with Gasteiger partial charge in [-0.2, -0.15) is 4.58 Å². The first-order valence-electron chi connectivity index (χ1n) is 16.7. The Morgan fingerprint density at radius 2 is 1.43 bits per heavy atom. The molecule has 5 aromatic rings. The lowest BCUT2D eigenvalue weighted by atomic mass is 9.84. The molecule has 4 aromatic carbocycles. The lowest BCUT2D eigenvalue weighted by Gasteiger charge is -2.31. The molecule has 9 rings (SSSR count). The minimum absolute atomic E-state index is 0.115. The molecule has 0 bridgehead atoms. The molecule has 0 amide bonds. The summed E-state index contributed by atoms with van der Waals surface area (Å²) in [6.45, 7) is 5.81. The molecule has 4 nitrogen and oxygen atoms in total. The van der Waals surface area contributed by atoms with Crippen molar-refractivity contribution in [1.82, 2.24) is 4.57 Å². The second-order valence-corrected chi connectivity index (χ2v) is 13.6. The van der Waals surface area contributed by atoms with Crippen LogP contribution in [0.5, 0.6) is 0 Å². The van der Waals surface area contributed by atoms with Gasteiger partial charge in [0.25, 0.3) is 0 Å². The third kappa shape index (κ3) is 3.99. The predicted octanol–water partition coefficient (Wildman–Crippen LogP) is 7.82.